The van der Waals surface area contributed by atoms with E-state index in [1.54, 1.807) is 35.4 Å². The second-order valence-electron chi connectivity index (χ2n) is 6.06. The van der Waals surface area contributed by atoms with Crippen LogP contribution in [0, 0.1) is 0 Å². The predicted molar refractivity (Wildman–Crippen MR) is 109 cm³/mol. The smallest absolute Gasteiger partial charge is 0.355 e. The zero-order chi connectivity index (χ0) is 20.6. The lowest BCUT2D eigenvalue weighted by molar-refractivity contribution is -0.139. The molecule has 29 heavy (non-hydrogen) atoms. The molecule has 0 saturated carbocycles. The first-order valence-corrected chi connectivity index (χ1v) is 8.96. The molecule has 0 saturated heterocycles. The molecule has 1 heterocycles. The molecule has 0 aliphatic carbocycles. The highest BCUT2D eigenvalue weighted by Gasteiger charge is 2.28. The fraction of sp³-hybridized carbons (Fsp3) is 0.130. The van der Waals surface area contributed by atoms with Gasteiger partial charge in [-0.1, -0.05) is 48.5 Å². The quantitative estimate of drug-likeness (QED) is 0.699. The molecule has 6 heteroatoms. The summed E-state index contributed by atoms with van der Waals surface area (Å²) in [6.45, 7) is 0.356. The summed E-state index contributed by atoms with van der Waals surface area (Å²) in [6.07, 6.45) is 6.56. The number of rotatable bonds is 6. The third-order valence-electron chi connectivity index (χ3n) is 4.25. The summed E-state index contributed by atoms with van der Waals surface area (Å²) in [7, 11) is 2.52. The maximum atomic E-state index is 12.6. The summed E-state index contributed by atoms with van der Waals surface area (Å²) in [5.74, 6) is -0.758. The molecule has 1 aliphatic heterocycles. The Labute approximate surface area is 169 Å². The van der Waals surface area contributed by atoms with Gasteiger partial charge in [-0.25, -0.2) is 9.59 Å². The van der Waals surface area contributed by atoms with Crippen LogP contribution in [0.5, 0.6) is 5.75 Å². The van der Waals surface area contributed by atoms with E-state index in [2.05, 4.69) is 0 Å². The molecule has 1 aliphatic rings. The summed E-state index contributed by atoms with van der Waals surface area (Å²) >= 11 is 0. The van der Waals surface area contributed by atoms with Crippen molar-refractivity contribution >= 4 is 17.6 Å². The maximum Gasteiger partial charge on any atom is 0.355 e. The molecule has 0 unspecified atom stereocenters. The Balaban J connectivity index is 2.03. The highest BCUT2D eigenvalue weighted by molar-refractivity contribution is 6.05. The van der Waals surface area contributed by atoms with E-state index in [4.69, 9.17) is 14.2 Å². The first-order valence-electron chi connectivity index (χ1n) is 8.96. The van der Waals surface area contributed by atoms with Crippen molar-refractivity contribution in [2.75, 3.05) is 19.1 Å². The molecule has 2 aromatic carbocycles. The molecule has 3 rings (SSSR count). The Bertz CT molecular complexity index is 976. The monoisotopic (exact) mass is 391 g/mol. The second kappa shape index (κ2) is 9.41. The topological polar surface area (TPSA) is 65.1 Å². The number of anilines is 1. The third-order valence-corrected chi connectivity index (χ3v) is 4.25. The van der Waals surface area contributed by atoms with E-state index in [1.807, 2.05) is 42.5 Å². The number of ether oxygens (including phenoxy) is 3. The van der Waals surface area contributed by atoms with E-state index < -0.39 is 11.9 Å². The molecule has 0 atom stereocenters. The van der Waals surface area contributed by atoms with Gasteiger partial charge >= 0.3 is 11.9 Å². The highest BCUT2D eigenvalue weighted by Crippen LogP contribution is 2.34. The molecular formula is C23H21NO5. The summed E-state index contributed by atoms with van der Waals surface area (Å²) in [5.41, 5.74) is 1.72. The van der Waals surface area contributed by atoms with Gasteiger partial charge in [-0.15, -0.1) is 0 Å². The van der Waals surface area contributed by atoms with E-state index >= 15 is 0 Å². The molecule has 6 nitrogen and oxygen atoms in total. The van der Waals surface area contributed by atoms with Crippen LogP contribution in [0.15, 0.2) is 90.3 Å². The summed E-state index contributed by atoms with van der Waals surface area (Å²) < 4.78 is 15.8. The van der Waals surface area contributed by atoms with Crippen LogP contribution in [0.2, 0.25) is 0 Å². The van der Waals surface area contributed by atoms with Crippen molar-refractivity contribution in [3.05, 3.63) is 95.9 Å². The van der Waals surface area contributed by atoms with Gasteiger partial charge in [0.15, 0.2) is 0 Å². The number of nitrogens with zero attached hydrogens (tertiary/aromatic N) is 1. The summed E-state index contributed by atoms with van der Waals surface area (Å²) in [4.78, 5) is 26.5. The van der Waals surface area contributed by atoms with Gasteiger partial charge in [0, 0.05) is 6.20 Å². The number of para-hydroxylation sites is 2. The molecule has 0 amide bonds. The van der Waals surface area contributed by atoms with Crippen molar-refractivity contribution < 1.29 is 23.8 Å². The van der Waals surface area contributed by atoms with Crippen molar-refractivity contribution in [3.8, 4) is 5.75 Å². The lowest BCUT2D eigenvalue weighted by atomic mass is 10.1. The highest BCUT2D eigenvalue weighted by atomic mass is 16.5. The van der Waals surface area contributed by atoms with Crippen LogP contribution < -0.4 is 9.64 Å². The number of hydrogen-bond donors (Lipinski definition) is 0. The zero-order valence-electron chi connectivity index (χ0n) is 16.2. The fourth-order valence-corrected chi connectivity index (χ4v) is 2.86. The predicted octanol–water partition coefficient (Wildman–Crippen LogP) is 3.76. The zero-order valence-corrected chi connectivity index (χ0v) is 16.2. The summed E-state index contributed by atoms with van der Waals surface area (Å²) in [5, 5.41) is 0. The van der Waals surface area contributed by atoms with Crippen LogP contribution in [0.4, 0.5) is 5.69 Å². The number of hydrogen-bond acceptors (Lipinski definition) is 6. The molecule has 0 bridgehead atoms. The fourth-order valence-electron chi connectivity index (χ4n) is 2.86. The van der Waals surface area contributed by atoms with Crippen molar-refractivity contribution in [1.29, 1.82) is 0 Å². The number of esters is 2. The Morgan fingerprint density at radius 3 is 2.28 bits per heavy atom. The van der Waals surface area contributed by atoms with Crippen molar-refractivity contribution in [3.63, 3.8) is 0 Å². The Morgan fingerprint density at radius 2 is 1.55 bits per heavy atom. The Kier molecular flexibility index (Phi) is 6.47. The van der Waals surface area contributed by atoms with Crippen molar-refractivity contribution in [2.45, 2.75) is 6.61 Å². The van der Waals surface area contributed by atoms with Crippen LogP contribution >= 0.6 is 0 Å². The Hall–Kier alpha value is -3.80. The van der Waals surface area contributed by atoms with Crippen LogP contribution in [0.3, 0.4) is 0 Å². The van der Waals surface area contributed by atoms with Crippen LogP contribution in [0.25, 0.3) is 0 Å². The lowest BCUT2D eigenvalue weighted by Crippen LogP contribution is -2.27. The number of carbonyl (C=O) groups excluding carboxylic acids is 2. The van der Waals surface area contributed by atoms with Gasteiger partial charge in [-0.3, -0.25) is 0 Å². The van der Waals surface area contributed by atoms with Gasteiger partial charge in [0.25, 0.3) is 0 Å². The average Bonchev–Trinajstić information content (AvgIpc) is 3.00. The van der Waals surface area contributed by atoms with Gasteiger partial charge in [0.05, 0.1) is 25.5 Å². The minimum atomic E-state index is -0.667. The third kappa shape index (κ3) is 4.55. The summed E-state index contributed by atoms with van der Waals surface area (Å²) in [6, 6.07) is 17.0. The molecule has 0 N–H and O–H groups in total. The van der Waals surface area contributed by atoms with Gasteiger partial charge in [0.2, 0.25) is 0 Å². The molecule has 0 spiro atoms. The first-order chi connectivity index (χ1) is 14.2. The molecule has 0 radical (unpaired) electrons. The van der Waals surface area contributed by atoms with Gasteiger partial charge in [0.1, 0.15) is 18.1 Å². The van der Waals surface area contributed by atoms with Crippen LogP contribution in [0.1, 0.15) is 5.56 Å². The molecule has 148 valence electrons. The van der Waals surface area contributed by atoms with Crippen LogP contribution in [-0.4, -0.2) is 26.2 Å². The number of benzene rings is 2. The minimum Gasteiger partial charge on any atom is -0.487 e. The van der Waals surface area contributed by atoms with Gasteiger partial charge in [-0.2, -0.15) is 0 Å². The average molecular weight is 391 g/mol. The standard InChI is InChI=1S/C23H21NO5/c1-27-22(25)18-12-8-9-15-24(21(18)23(26)28-2)19-13-6-7-14-20(19)29-16-17-10-4-3-5-11-17/h3-15H,16H2,1-2H3. The van der Waals surface area contributed by atoms with Crippen molar-refractivity contribution in [2.24, 2.45) is 0 Å². The van der Waals surface area contributed by atoms with Gasteiger partial charge in [-0.05, 0) is 29.8 Å². The molecule has 0 aromatic heterocycles. The Morgan fingerprint density at radius 1 is 0.862 bits per heavy atom. The molecular weight excluding hydrogens is 370 g/mol. The maximum absolute atomic E-state index is 12.6. The first kappa shape index (κ1) is 19.9. The molecule has 2 aromatic rings. The largest absolute Gasteiger partial charge is 0.487 e. The molecule has 0 fully saturated rings. The SMILES string of the molecule is COC(=O)C1=C(C(=O)OC)N(c2ccccc2OCc2ccccc2)C=CC=C1. The van der Waals surface area contributed by atoms with E-state index in [0.717, 1.165) is 5.56 Å². The van der Waals surface area contributed by atoms with E-state index in [0.29, 0.717) is 18.0 Å². The number of methoxy groups -OCH3 is 2. The minimum absolute atomic E-state index is 0.0418. The van der Waals surface area contributed by atoms with E-state index in [1.165, 1.54) is 20.3 Å². The number of carbonyl (C=O) groups is 2. The van der Waals surface area contributed by atoms with E-state index in [9.17, 15) is 9.59 Å². The second-order valence-corrected chi connectivity index (χ2v) is 6.06. The van der Waals surface area contributed by atoms with Gasteiger partial charge < -0.3 is 19.1 Å². The lowest BCUT2D eigenvalue weighted by Gasteiger charge is -2.25. The normalized spacial score (nSPS) is 13.1. The van der Waals surface area contributed by atoms with Crippen molar-refractivity contribution in [1.82, 2.24) is 0 Å². The number of allylic oxidation sites excluding steroid dienone is 2. The van der Waals surface area contributed by atoms with Crippen LogP contribution in [-0.2, 0) is 25.7 Å². The van der Waals surface area contributed by atoms with E-state index in [-0.39, 0.29) is 11.3 Å².